The third kappa shape index (κ3) is 4.80. The monoisotopic (exact) mass is 371 g/mol. The number of nitrogen functional groups attached to an aromatic ring is 1. The van der Waals surface area contributed by atoms with E-state index in [1.54, 1.807) is 6.92 Å². The normalized spacial score (nSPS) is 26.5. The maximum atomic E-state index is 11.8. The van der Waals surface area contributed by atoms with Crippen LogP contribution in [0.1, 0.15) is 11.8 Å². The minimum absolute atomic E-state index is 0. The van der Waals surface area contributed by atoms with E-state index in [1.807, 2.05) is 0 Å². The number of aliphatic hydroxyl groups is 2. The van der Waals surface area contributed by atoms with E-state index in [1.165, 1.54) is 6.20 Å². The van der Waals surface area contributed by atoms with E-state index in [9.17, 15) is 29.4 Å². The highest BCUT2D eigenvalue weighted by atomic mass is 31.2. The molecule has 0 aromatic carbocycles. The highest BCUT2D eigenvalue weighted by Crippen LogP contribution is 2.32. The molecule has 0 aliphatic carbocycles. The van der Waals surface area contributed by atoms with Gasteiger partial charge in [-0.1, -0.05) is 0 Å². The summed E-state index contributed by atoms with van der Waals surface area (Å²) in [5.41, 5.74) is 5.09. The highest BCUT2D eigenvalue weighted by Gasteiger charge is 2.44. The fourth-order valence-corrected chi connectivity index (χ4v) is 2.35. The number of phosphoric acid groups is 1. The van der Waals surface area contributed by atoms with Crippen LogP contribution in [0.3, 0.4) is 0 Å². The van der Waals surface area contributed by atoms with Crippen molar-refractivity contribution >= 4 is 13.6 Å². The zero-order valence-corrected chi connectivity index (χ0v) is 14.3. The van der Waals surface area contributed by atoms with Crippen LogP contribution >= 0.6 is 7.82 Å². The first-order valence-corrected chi connectivity index (χ1v) is 7.59. The maximum Gasteiger partial charge on any atom is 0.351 e. The second kappa shape index (κ2) is 8.11. The summed E-state index contributed by atoms with van der Waals surface area (Å²) in [7, 11) is -5.25. The predicted octanol–water partition coefficient (Wildman–Crippen LogP) is -2.65. The van der Waals surface area contributed by atoms with Crippen LogP contribution in [-0.4, -0.2) is 44.7 Å². The SMILES string of the molecule is Cc1cn(C2OC(COP(=O)([O-])[O-])C(O)C2O)c(=O)nc1N.[NH4+].[NH4+]. The molecule has 1 aliphatic rings. The Hall–Kier alpha value is -1.41. The number of anilines is 1. The fourth-order valence-electron chi connectivity index (χ4n) is 2.02. The van der Waals surface area contributed by atoms with E-state index in [-0.39, 0.29) is 18.1 Å². The second-order valence-electron chi connectivity index (χ2n) is 4.79. The molecular formula is C10H22N5O8P. The molecule has 1 aromatic rings. The van der Waals surface area contributed by atoms with Gasteiger partial charge >= 0.3 is 5.69 Å². The van der Waals surface area contributed by atoms with Gasteiger partial charge in [-0.15, -0.1) is 0 Å². The van der Waals surface area contributed by atoms with Crippen molar-refractivity contribution in [2.24, 2.45) is 0 Å². The number of phosphoric ester groups is 1. The number of quaternary nitrogens is 2. The largest absolute Gasteiger partial charge is 0.790 e. The summed E-state index contributed by atoms with van der Waals surface area (Å²) in [6, 6.07) is 0. The first-order chi connectivity index (χ1) is 10.1. The molecule has 4 unspecified atom stereocenters. The summed E-state index contributed by atoms with van der Waals surface area (Å²) in [6.45, 7) is 0.789. The number of aromatic nitrogens is 2. The molecule has 1 aliphatic heterocycles. The summed E-state index contributed by atoms with van der Waals surface area (Å²) in [4.78, 5) is 36.2. The summed E-state index contributed by atoms with van der Waals surface area (Å²) < 4.78 is 20.6. The Bertz CT molecular complexity index is 663. The zero-order valence-electron chi connectivity index (χ0n) is 13.4. The molecule has 2 rings (SSSR count). The minimum atomic E-state index is -5.25. The van der Waals surface area contributed by atoms with Gasteiger partial charge in [-0.05, 0) is 6.92 Å². The van der Waals surface area contributed by atoms with E-state index in [2.05, 4.69) is 9.51 Å². The molecule has 1 fully saturated rings. The quantitative estimate of drug-likeness (QED) is 0.343. The van der Waals surface area contributed by atoms with Crippen molar-refractivity contribution in [1.82, 2.24) is 21.9 Å². The van der Waals surface area contributed by atoms with Crippen molar-refractivity contribution in [1.29, 1.82) is 0 Å². The van der Waals surface area contributed by atoms with Gasteiger partial charge in [0.2, 0.25) is 0 Å². The standard InChI is InChI=1S/C10H16N3O8P.2H3N/c1-4-2-13(10(16)12-8(4)11)9-7(15)6(14)5(21-9)3-20-22(17,18)19;;/h2,5-7,9,14-15H,3H2,1H3,(H2,11,12,16)(H2,17,18,19);2*1H3. The van der Waals surface area contributed by atoms with Gasteiger partial charge in [0.25, 0.3) is 0 Å². The summed E-state index contributed by atoms with van der Waals surface area (Å²) in [6.07, 6.45) is -4.45. The molecule has 13 nitrogen and oxygen atoms in total. The topological polar surface area (TPSA) is 256 Å². The van der Waals surface area contributed by atoms with E-state index >= 15 is 0 Å². The molecule has 12 N–H and O–H groups in total. The fraction of sp³-hybridized carbons (Fsp3) is 0.600. The molecular weight excluding hydrogens is 349 g/mol. The smallest absolute Gasteiger partial charge is 0.351 e. The van der Waals surface area contributed by atoms with Crippen LogP contribution in [0.5, 0.6) is 0 Å². The van der Waals surface area contributed by atoms with Crippen molar-refractivity contribution in [3.8, 4) is 0 Å². The number of hydrogen-bond donors (Lipinski definition) is 5. The molecule has 140 valence electrons. The summed E-state index contributed by atoms with van der Waals surface area (Å²) in [5.74, 6) is 0.00724. The van der Waals surface area contributed by atoms with Gasteiger partial charge in [0.05, 0.1) is 14.4 Å². The van der Waals surface area contributed by atoms with Crippen molar-refractivity contribution in [2.75, 3.05) is 12.3 Å². The number of ether oxygens (including phenoxy) is 1. The number of rotatable bonds is 4. The van der Waals surface area contributed by atoms with E-state index in [0.717, 1.165) is 4.57 Å². The molecule has 0 radical (unpaired) electrons. The predicted molar refractivity (Wildman–Crippen MR) is 79.1 cm³/mol. The molecule has 4 atom stereocenters. The van der Waals surface area contributed by atoms with Gasteiger partial charge in [0, 0.05) is 11.8 Å². The Labute approximate surface area is 136 Å². The summed E-state index contributed by atoms with van der Waals surface area (Å²) >= 11 is 0. The molecule has 2 heterocycles. The van der Waals surface area contributed by atoms with Gasteiger partial charge < -0.3 is 51.9 Å². The van der Waals surface area contributed by atoms with Crippen LogP contribution in [0, 0.1) is 6.92 Å². The first kappa shape index (κ1) is 22.6. The number of nitrogens with zero attached hydrogens (tertiary/aromatic N) is 2. The van der Waals surface area contributed by atoms with Crippen LogP contribution < -0.4 is 33.5 Å². The second-order valence-corrected chi connectivity index (χ2v) is 5.94. The minimum Gasteiger partial charge on any atom is -0.790 e. The van der Waals surface area contributed by atoms with Crippen molar-refractivity contribution in [3.63, 3.8) is 0 Å². The Balaban J connectivity index is 0.00000264. The Kier molecular flexibility index (Phi) is 7.64. The average Bonchev–Trinajstić information content (AvgIpc) is 2.68. The number of nitrogens with two attached hydrogens (primary N) is 1. The third-order valence-electron chi connectivity index (χ3n) is 3.18. The molecule has 0 amide bonds. The molecule has 24 heavy (non-hydrogen) atoms. The van der Waals surface area contributed by atoms with E-state index in [4.69, 9.17) is 10.5 Å². The van der Waals surface area contributed by atoms with Crippen molar-refractivity contribution in [3.05, 3.63) is 22.2 Å². The lowest BCUT2D eigenvalue weighted by molar-refractivity contribution is -0.343. The lowest BCUT2D eigenvalue weighted by atomic mass is 10.1. The zero-order chi connectivity index (χ0) is 16.7. The molecule has 0 spiro atoms. The Morgan fingerprint density at radius 1 is 1.42 bits per heavy atom. The van der Waals surface area contributed by atoms with Crippen LogP contribution in [0.25, 0.3) is 0 Å². The Morgan fingerprint density at radius 3 is 2.54 bits per heavy atom. The van der Waals surface area contributed by atoms with Crippen LogP contribution in [0.2, 0.25) is 0 Å². The van der Waals surface area contributed by atoms with E-state index in [0.29, 0.717) is 5.56 Å². The van der Waals surface area contributed by atoms with Crippen molar-refractivity contribution < 1.29 is 33.8 Å². The van der Waals surface area contributed by atoms with E-state index < -0.39 is 44.7 Å². The van der Waals surface area contributed by atoms with Gasteiger partial charge in [-0.3, -0.25) is 4.57 Å². The van der Waals surface area contributed by atoms with Crippen LogP contribution in [0.4, 0.5) is 5.82 Å². The molecule has 0 bridgehead atoms. The van der Waals surface area contributed by atoms with Gasteiger partial charge in [0.15, 0.2) is 6.23 Å². The summed E-state index contributed by atoms with van der Waals surface area (Å²) in [5, 5.41) is 19.7. The van der Waals surface area contributed by atoms with Gasteiger partial charge in [-0.2, -0.15) is 4.98 Å². The van der Waals surface area contributed by atoms with Crippen molar-refractivity contribution in [2.45, 2.75) is 31.5 Å². The van der Waals surface area contributed by atoms with Crippen LogP contribution in [-0.2, 0) is 13.8 Å². The lowest BCUT2D eigenvalue weighted by Crippen LogP contribution is -2.36. The molecule has 1 saturated heterocycles. The lowest BCUT2D eigenvalue weighted by Gasteiger charge is -2.30. The first-order valence-electron chi connectivity index (χ1n) is 6.13. The molecule has 0 saturated carbocycles. The third-order valence-corrected chi connectivity index (χ3v) is 3.65. The highest BCUT2D eigenvalue weighted by molar-refractivity contribution is 7.43. The molecule has 1 aromatic heterocycles. The molecule has 14 heteroatoms. The number of aliphatic hydroxyl groups excluding tert-OH is 2. The number of aryl methyl sites for hydroxylation is 1. The van der Waals surface area contributed by atoms with Gasteiger partial charge in [-0.25, -0.2) is 4.79 Å². The number of hydrogen-bond acceptors (Lipinski definition) is 10. The average molecular weight is 371 g/mol. The maximum absolute atomic E-state index is 11.8. The van der Waals surface area contributed by atoms with Gasteiger partial charge in [0.1, 0.15) is 24.1 Å². The van der Waals surface area contributed by atoms with Crippen LogP contribution in [0.15, 0.2) is 11.0 Å². The Morgan fingerprint density at radius 2 is 2.00 bits per heavy atom.